The summed E-state index contributed by atoms with van der Waals surface area (Å²) in [6.45, 7) is 6.31. The van der Waals surface area contributed by atoms with Crippen LogP contribution in [0.4, 0.5) is 10.2 Å². The first-order valence-electron chi connectivity index (χ1n) is 4.79. The zero-order valence-electron chi connectivity index (χ0n) is 8.50. The van der Waals surface area contributed by atoms with E-state index in [1.807, 2.05) is 0 Å². The van der Waals surface area contributed by atoms with E-state index in [9.17, 15) is 4.39 Å². The van der Waals surface area contributed by atoms with Gasteiger partial charge in [-0.1, -0.05) is 13.8 Å². The summed E-state index contributed by atoms with van der Waals surface area (Å²) < 4.78 is 12.8. The maximum atomic E-state index is 12.8. The molecule has 1 aliphatic heterocycles. The van der Waals surface area contributed by atoms with E-state index < -0.39 is 5.95 Å². The fraction of sp³-hybridized carbons (Fsp3) is 0.600. The fourth-order valence-electron chi connectivity index (χ4n) is 1.81. The average molecular weight is 195 g/mol. The van der Waals surface area contributed by atoms with Crippen LogP contribution >= 0.6 is 0 Å². The molecule has 1 aliphatic rings. The molecule has 3 nitrogen and oxygen atoms in total. The van der Waals surface area contributed by atoms with Crippen molar-refractivity contribution in [3.05, 3.63) is 18.3 Å². The van der Waals surface area contributed by atoms with Crippen molar-refractivity contribution in [1.29, 1.82) is 0 Å². The first kappa shape index (κ1) is 9.37. The normalized spacial score (nSPS) is 20.1. The molecule has 0 amide bonds. The van der Waals surface area contributed by atoms with Crippen LogP contribution in [0, 0.1) is 11.4 Å². The Labute approximate surface area is 83.0 Å². The smallest absolute Gasteiger partial charge is 0.218 e. The molecular formula is C10H14FN3. The molecule has 0 atom stereocenters. The maximum absolute atomic E-state index is 12.8. The Balaban J connectivity index is 2.17. The number of rotatable bonds is 1. The lowest BCUT2D eigenvalue weighted by Gasteiger charge is -2.20. The summed E-state index contributed by atoms with van der Waals surface area (Å²) in [5.41, 5.74) is 0.307. The summed E-state index contributed by atoms with van der Waals surface area (Å²) in [6.07, 6.45) is 2.40. The van der Waals surface area contributed by atoms with Crippen LogP contribution in [0.25, 0.3) is 0 Å². The highest BCUT2D eigenvalue weighted by atomic mass is 19.1. The largest absolute Gasteiger partial charge is 0.356 e. The molecule has 0 saturated carbocycles. The fourth-order valence-corrected chi connectivity index (χ4v) is 1.81. The van der Waals surface area contributed by atoms with Crippen molar-refractivity contribution in [1.82, 2.24) is 9.97 Å². The molecule has 1 fully saturated rings. The van der Waals surface area contributed by atoms with Crippen LogP contribution in [0.1, 0.15) is 20.3 Å². The first-order valence-corrected chi connectivity index (χ1v) is 4.79. The second-order valence-electron chi connectivity index (χ2n) is 4.53. The number of nitrogens with zero attached hydrogens (tertiary/aromatic N) is 3. The van der Waals surface area contributed by atoms with E-state index >= 15 is 0 Å². The highest BCUT2D eigenvalue weighted by Crippen LogP contribution is 2.31. The van der Waals surface area contributed by atoms with E-state index in [4.69, 9.17) is 0 Å². The van der Waals surface area contributed by atoms with Crippen molar-refractivity contribution in [2.75, 3.05) is 18.0 Å². The van der Waals surface area contributed by atoms with Crippen molar-refractivity contribution in [3.8, 4) is 0 Å². The van der Waals surface area contributed by atoms with Crippen molar-refractivity contribution in [2.45, 2.75) is 20.3 Å². The van der Waals surface area contributed by atoms with Crippen molar-refractivity contribution < 1.29 is 4.39 Å². The average Bonchev–Trinajstić information content (AvgIpc) is 2.46. The van der Waals surface area contributed by atoms with Gasteiger partial charge in [-0.2, -0.15) is 4.39 Å². The Morgan fingerprint density at radius 1 is 1.43 bits per heavy atom. The lowest BCUT2D eigenvalue weighted by Crippen LogP contribution is -2.23. The number of aromatic nitrogens is 2. The van der Waals surface area contributed by atoms with Gasteiger partial charge in [-0.3, -0.25) is 0 Å². The van der Waals surface area contributed by atoms with Gasteiger partial charge in [0.25, 0.3) is 0 Å². The lowest BCUT2D eigenvalue weighted by atomic mass is 9.93. The van der Waals surface area contributed by atoms with E-state index in [1.54, 1.807) is 0 Å². The Morgan fingerprint density at radius 3 is 2.79 bits per heavy atom. The standard InChI is InChI=1S/C10H14FN3/c1-10(2)3-4-14(6-10)9-5-8(11)12-7-13-9/h5,7H,3-4,6H2,1-2H3. The first-order chi connectivity index (χ1) is 6.57. The highest BCUT2D eigenvalue weighted by molar-refractivity contribution is 5.38. The quantitative estimate of drug-likeness (QED) is 0.640. The van der Waals surface area contributed by atoms with Gasteiger partial charge < -0.3 is 4.90 Å². The molecule has 2 heterocycles. The van der Waals surface area contributed by atoms with Gasteiger partial charge >= 0.3 is 0 Å². The Bertz CT molecular complexity index is 338. The molecule has 1 saturated heterocycles. The van der Waals surface area contributed by atoms with Gasteiger partial charge in [-0.15, -0.1) is 0 Å². The summed E-state index contributed by atoms with van der Waals surface area (Å²) in [5, 5.41) is 0. The Hall–Kier alpha value is -1.19. The summed E-state index contributed by atoms with van der Waals surface area (Å²) in [7, 11) is 0. The molecule has 0 N–H and O–H groups in total. The zero-order chi connectivity index (χ0) is 10.2. The molecule has 76 valence electrons. The SMILES string of the molecule is CC1(C)CCN(c2cc(F)ncn2)C1. The molecule has 2 rings (SSSR count). The molecular weight excluding hydrogens is 181 g/mol. The minimum absolute atomic E-state index is 0.307. The summed E-state index contributed by atoms with van der Waals surface area (Å²) >= 11 is 0. The molecule has 0 unspecified atom stereocenters. The minimum Gasteiger partial charge on any atom is -0.356 e. The van der Waals surface area contributed by atoms with Gasteiger partial charge in [0.05, 0.1) is 0 Å². The molecule has 0 spiro atoms. The minimum atomic E-state index is -0.459. The van der Waals surface area contributed by atoms with Crippen LogP contribution in [0.2, 0.25) is 0 Å². The van der Waals surface area contributed by atoms with Gasteiger partial charge in [0.15, 0.2) is 0 Å². The molecule has 0 bridgehead atoms. The van der Waals surface area contributed by atoms with E-state index in [0.717, 1.165) is 19.5 Å². The van der Waals surface area contributed by atoms with E-state index in [0.29, 0.717) is 11.2 Å². The van der Waals surface area contributed by atoms with Crippen molar-refractivity contribution >= 4 is 5.82 Å². The van der Waals surface area contributed by atoms with Crippen LogP contribution in [-0.2, 0) is 0 Å². The third kappa shape index (κ3) is 1.84. The summed E-state index contributed by atoms with van der Waals surface area (Å²) in [5.74, 6) is 0.239. The second kappa shape index (κ2) is 3.19. The maximum Gasteiger partial charge on any atom is 0.218 e. The van der Waals surface area contributed by atoms with Gasteiger partial charge in [-0.05, 0) is 11.8 Å². The van der Waals surface area contributed by atoms with Crippen LogP contribution < -0.4 is 4.90 Å². The Kier molecular flexibility index (Phi) is 2.13. The van der Waals surface area contributed by atoms with E-state index in [2.05, 4.69) is 28.7 Å². The third-order valence-electron chi connectivity index (χ3n) is 2.62. The highest BCUT2D eigenvalue weighted by Gasteiger charge is 2.29. The van der Waals surface area contributed by atoms with Gasteiger partial charge in [-0.25, -0.2) is 9.97 Å². The zero-order valence-corrected chi connectivity index (χ0v) is 8.50. The molecule has 14 heavy (non-hydrogen) atoms. The van der Waals surface area contributed by atoms with E-state index in [-0.39, 0.29) is 0 Å². The number of anilines is 1. The van der Waals surface area contributed by atoms with Gasteiger partial charge in [0.1, 0.15) is 12.1 Å². The molecule has 1 aromatic heterocycles. The summed E-state index contributed by atoms with van der Waals surface area (Å²) in [6, 6.07) is 1.39. The third-order valence-corrected chi connectivity index (χ3v) is 2.62. The topological polar surface area (TPSA) is 29.0 Å². The van der Waals surface area contributed by atoms with Crippen LogP contribution in [0.3, 0.4) is 0 Å². The van der Waals surface area contributed by atoms with Crippen LogP contribution in [-0.4, -0.2) is 23.1 Å². The lowest BCUT2D eigenvalue weighted by molar-refractivity contribution is 0.418. The number of hydrogen-bond donors (Lipinski definition) is 0. The van der Waals surface area contributed by atoms with Gasteiger partial charge in [0.2, 0.25) is 5.95 Å². The molecule has 0 aliphatic carbocycles. The van der Waals surface area contributed by atoms with Crippen molar-refractivity contribution in [3.63, 3.8) is 0 Å². The predicted molar refractivity (Wildman–Crippen MR) is 52.6 cm³/mol. The summed E-state index contributed by atoms with van der Waals surface area (Å²) in [4.78, 5) is 9.61. The second-order valence-corrected chi connectivity index (χ2v) is 4.53. The molecule has 1 aromatic rings. The molecule has 0 radical (unpaired) electrons. The van der Waals surface area contributed by atoms with E-state index in [1.165, 1.54) is 12.4 Å². The van der Waals surface area contributed by atoms with Crippen molar-refractivity contribution in [2.24, 2.45) is 5.41 Å². The van der Waals surface area contributed by atoms with Crippen LogP contribution in [0.5, 0.6) is 0 Å². The Morgan fingerprint density at radius 2 is 2.21 bits per heavy atom. The number of halogens is 1. The molecule has 0 aromatic carbocycles. The number of hydrogen-bond acceptors (Lipinski definition) is 3. The predicted octanol–water partition coefficient (Wildman–Crippen LogP) is 1.85. The van der Waals surface area contributed by atoms with Crippen LogP contribution in [0.15, 0.2) is 12.4 Å². The van der Waals surface area contributed by atoms with Gasteiger partial charge in [0, 0.05) is 19.2 Å². The monoisotopic (exact) mass is 195 g/mol. The molecule has 4 heteroatoms.